The Kier molecular flexibility index (Phi) is 5.90. The third-order valence-corrected chi connectivity index (χ3v) is 4.18. The van der Waals surface area contributed by atoms with Gasteiger partial charge in [-0.15, -0.1) is 11.3 Å². The van der Waals surface area contributed by atoms with E-state index >= 15 is 0 Å². The maximum Gasteiger partial charge on any atom is 0.303 e. The number of rotatable bonds is 7. The minimum Gasteiger partial charge on any atom is -0.481 e. The van der Waals surface area contributed by atoms with Crippen LogP contribution < -0.4 is 11.1 Å². The van der Waals surface area contributed by atoms with Gasteiger partial charge in [0.2, 0.25) is 5.91 Å². The van der Waals surface area contributed by atoms with E-state index < -0.39 is 11.9 Å². The number of nitrogens with one attached hydrogen (secondary N) is 1. The zero-order chi connectivity index (χ0) is 16.2. The molecule has 0 fully saturated rings. The minimum atomic E-state index is -0.937. The Morgan fingerprint density at radius 3 is 2.43 bits per heavy atom. The number of carbonyl (C=O) groups excluding carboxylic acids is 2. The standard InChI is InChI=1S/C14H20N2O4S/c1-4-9-8(3)21-14(12(9)13(15)20)16-10(17)5-7(2)6-11(18)19/h7H,4-6H2,1-3H3,(H2,15,20)(H,16,17)(H,18,19)/t7-/m1/s1. The Morgan fingerprint density at radius 1 is 1.33 bits per heavy atom. The molecule has 0 saturated heterocycles. The average Bonchev–Trinajstić information content (AvgIpc) is 2.63. The normalized spacial score (nSPS) is 12.0. The van der Waals surface area contributed by atoms with Crippen molar-refractivity contribution in [3.05, 3.63) is 16.0 Å². The lowest BCUT2D eigenvalue weighted by molar-refractivity contribution is -0.138. The molecule has 1 atom stereocenters. The Hall–Kier alpha value is -1.89. The lowest BCUT2D eigenvalue weighted by Crippen LogP contribution is -2.20. The number of primary amides is 1. The largest absolute Gasteiger partial charge is 0.481 e. The first-order chi connectivity index (χ1) is 9.76. The Bertz CT molecular complexity index is 566. The van der Waals surface area contributed by atoms with Crippen LogP contribution in [0.5, 0.6) is 0 Å². The van der Waals surface area contributed by atoms with Crippen molar-refractivity contribution in [2.45, 2.75) is 40.0 Å². The van der Waals surface area contributed by atoms with Crippen molar-refractivity contribution in [3.63, 3.8) is 0 Å². The predicted octanol–water partition coefficient (Wildman–Crippen LogP) is 2.16. The molecule has 0 aliphatic rings. The maximum atomic E-state index is 11.9. The van der Waals surface area contributed by atoms with Gasteiger partial charge in [0.05, 0.1) is 5.56 Å². The second-order valence-corrected chi connectivity index (χ2v) is 6.24. The number of thiophene rings is 1. The highest BCUT2D eigenvalue weighted by molar-refractivity contribution is 7.16. The van der Waals surface area contributed by atoms with Crippen LogP contribution in [0.3, 0.4) is 0 Å². The number of carboxylic acid groups (broad SMARTS) is 1. The smallest absolute Gasteiger partial charge is 0.303 e. The molecular formula is C14H20N2O4S. The number of hydrogen-bond acceptors (Lipinski definition) is 4. The summed E-state index contributed by atoms with van der Waals surface area (Å²) in [4.78, 5) is 35.0. The van der Waals surface area contributed by atoms with Crippen molar-refractivity contribution in [1.82, 2.24) is 0 Å². The first-order valence-electron chi connectivity index (χ1n) is 6.69. The fourth-order valence-electron chi connectivity index (χ4n) is 2.22. The molecule has 0 bridgehead atoms. The van der Waals surface area contributed by atoms with E-state index in [0.717, 1.165) is 10.4 Å². The molecule has 21 heavy (non-hydrogen) atoms. The van der Waals surface area contributed by atoms with Crippen LogP contribution in [0, 0.1) is 12.8 Å². The molecule has 1 rings (SSSR count). The van der Waals surface area contributed by atoms with Gasteiger partial charge in [0.25, 0.3) is 5.91 Å². The van der Waals surface area contributed by atoms with Crippen LogP contribution in [-0.2, 0) is 16.0 Å². The molecule has 0 aliphatic heterocycles. The van der Waals surface area contributed by atoms with E-state index in [1.54, 1.807) is 6.92 Å². The summed E-state index contributed by atoms with van der Waals surface area (Å²) in [6.45, 7) is 5.49. The van der Waals surface area contributed by atoms with Crippen molar-refractivity contribution in [2.24, 2.45) is 11.7 Å². The summed E-state index contributed by atoms with van der Waals surface area (Å²) in [5.41, 5.74) is 6.59. The summed E-state index contributed by atoms with van der Waals surface area (Å²) in [7, 11) is 0. The van der Waals surface area contributed by atoms with Crippen LogP contribution in [0.25, 0.3) is 0 Å². The molecule has 116 valence electrons. The highest BCUT2D eigenvalue weighted by atomic mass is 32.1. The van der Waals surface area contributed by atoms with Gasteiger partial charge in [-0.2, -0.15) is 0 Å². The molecule has 0 unspecified atom stereocenters. The number of carboxylic acids is 1. The number of carbonyl (C=O) groups is 3. The van der Waals surface area contributed by atoms with E-state index in [4.69, 9.17) is 10.8 Å². The van der Waals surface area contributed by atoms with Crippen molar-refractivity contribution in [2.75, 3.05) is 5.32 Å². The van der Waals surface area contributed by atoms with Gasteiger partial charge in [0.1, 0.15) is 5.00 Å². The number of nitrogens with two attached hydrogens (primary N) is 1. The highest BCUT2D eigenvalue weighted by Crippen LogP contribution is 2.33. The summed E-state index contributed by atoms with van der Waals surface area (Å²) < 4.78 is 0. The quantitative estimate of drug-likeness (QED) is 0.716. The van der Waals surface area contributed by atoms with Crippen LogP contribution in [0.1, 0.15) is 47.5 Å². The summed E-state index contributed by atoms with van der Waals surface area (Å²) in [6, 6.07) is 0. The molecule has 0 saturated carbocycles. The van der Waals surface area contributed by atoms with Gasteiger partial charge in [-0.25, -0.2) is 0 Å². The maximum absolute atomic E-state index is 11.9. The second-order valence-electron chi connectivity index (χ2n) is 5.01. The number of amides is 2. The molecule has 0 aliphatic carbocycles. The summed E-state index contributed by atoms with van der Waals surface area (Å²) in [5, 5.41) is 11.8. The molecule has 1 aromatic heterocycles. The summed E-state index contributed by atoms with van der Waals surface area (Å²) in [5.74, 6) is -2.08. The molecule has 1 aromatic rings. The third kappa shape index (κ3) is 4.56. The molecule has 2 amide bonds. The lowest BCUT2D eigenvalue weighted by atomic mass is 10.0. The minimum absolute atomic E-state index is 0.0697. The van der Waals surface area contributed by atoms with Gasteiger partial charge in [-0.1, -0.05) is 13.8 Å². The fraction of sp³-hybridized carbons (Fsp3) is 0.500. The van der Waals surface area contributed by atoms with Crippen molar-refractivity contribution in [3.8, 4) is 0 Å². The van der Waals surface area contributed by atoms with Crippen molar-refractivity contribution >= 4 is 34.1 Å². The first-order valence-corrected chi connectivity index (χ1v) is 7.51. The molecule has 6 nitrogen and oxygen atoms in total. The summed E-state index contributed by atoms with van der Waals surface area (Å²) in [6.07, 6.45) is 0.675. The van der Waals surface area contributed by atoms with Crippen molar-refractivity contribution in [1.29, 1.82) is 0 Å². The van der Waals surface area contributed by atoms with Crippen LogP contribution >= 0.6 is 11.3 Å². The SMILES string of the molecule is CCc1c(C)sc(NC(=O)C[C@@H](C)CC(=O)O)c1C(N)=O. The van der Waals surface area contributed by atoms with Gasteiger partial charge in [0.15, 0.2) is 0 Å². The summed E-state index contributed by atoms with van der Waals surface area (Å²) >= 11 is 1.31. The van der Waals surface area contributed by atoms with Crippen molar-refractivity contribution < 1.29 is 19.5 Å². The lowest BCUT2D eigenvalue weighted by Gasteiger charge is -2.09. The molecule has 0 spiro atoms. The molecule has 1 heterocycles. The van der Waals surface area contributed by atoms with Crippen LogP contribution in [-0.4, -0.2) is 22.9 Å². The van der Waals surface area contributed by atoms with Gasteiger partial charge >= 0.3 is 5.97 Å². The third-order valence-electron chi connectivity index (χ3n) is 3.12. The number of hydrogen-bond donors (Lipinski definition) is 3. The van der Waals surface area contributed by atoms with E-state index in [2.05, 4.69) is 5.32 Å². The molecule has 7 heteroatoms. The van der Waals surface area contributed by atoms with E-state index in [-0.39, 0.29) is 24.7 Å². The van der Waals surface area contributed by atoms with E-state index in [9.17, 15) is 14.4 Å². The van der Waals surface area contributed by atoms with Gasteiger partial charge in [-0.3, -0.25) is 14.4 Å². The predicted molar refractivity (Wildman–Crippen MR) is 81.6 cm³/mol. The molecule has 4 N–H and O–H groups in total. The molecular weight excluding hydrogens is 292 g/mol. The zero-order valence-corrected chi connectivity index (χ0v) is 13.2. The Labute approximate surface area is 127 Å². The number of aliphatic carboxylic acids is 1. The van der Waals surface area contributed by atoms with Gasteiger partial charge in [-0.05, 0) is 24.8 Å². The van der Waals surface area contributed by atoms with Crippen LogP contribution in [0.15, 0.2) is 0 Å². The monoisotopic (exact) mass is 312 g/mol. The second kappa shape index (κ2) is 7.21. The Morgan fingerprint density at radius 2 is 1.95 bits per heavy atom. The average molecular weight is 312 g/mol. The van der Waals surface area contributed by atoms with E-state index in [1.807, 2.05) is 13.8 Å². The molecule has 0 aromatic carbocycles. The van der Waals surface area contributed by atoms with Crippen LogP contribution in [0.4, 0.5) is 5.00 Å². The first kappa shape index (κ1) is 17.2. The van der Waals surface area contributed by atoms with Gasteiger partial charge in [0, 0.05) is 17.7 Å². The van der Waals surface area contributed by atoms with Crippen LogP contribution in [0.2, 0.25) is 0 Å². The van der Waals surface area contributed by atoms with E-state index in [0.29, 0.717) is 17.0 Å². The highest BCUT2D eigenvalue weighted by Gasteiger charge is 2.21. The number of aryl methyl sites for hydroxylation is 1. The Balaban J connectivity index is 2.86. The topological polar surface area (TPSA) is 109 Å². The zero-order valence-electron chi connectivity index (χ0n) is 12.4. The fourth-order valence-corrected chi connectivity index (χ4v) is 3.38. The van der Waals surface area contributed by atoms with E-state index in [1.165, 1.54) is 11.3 Å². The molecule has 0 radical (unpaired) electrons. The number of anilines is 1. The van der Waals surface area contributed by atoms with Gasteiger partial charge < -0.3 is 16.2 Å².